The van der Waals surface area contributed by atoms with E-state index in [-0.39, 0.29) is 0 Å². The number of benzene rings is 2. The first-order valence-electron chi connectivity index (χ1n) is 6.53. The fraction of sp³-hybridized carbons (Fsp3) is 0.133. The van der Waals surface area contributed by atoms with Crippen LogP contribution in [-0.2, 0) is 6.18 Å². The quantitative estimate of drug-likeness (QED) is 0.251. The lowest BCUT2D eigenvalue weighted by Gasteiger charge is -2.13. The predicted octanol–water partition coefficient (Wildman–Crippen LogP) is 5.43. The number of hydrogen-bond donors (Lipinski definition) is 1. The minimum Gasteiger partial charge on any atom is -0.272 e. The molecule has 0 aliphatic heterocycles. The van der Waals surface area contributed by atoms with Crippen LogP contribution in [0.15, 0.2) is 34.3 Å². The van der Waals surface area contributed by atoms with E-state index < -0.39 is 40.7 Å². The second-order valence-electron chi connectivity index (χ2n) is 4.65. The lowest BCUT2D eigenvalue weighted by Crippen LogP contribution is -2.16. The summed E-state index contributed by atoms with van der Waals surface area (Å²) >= 11 is 1.47. The normalized spacial score (nSPS) is 12.0. The molecule has 0 radical (unpaired) electrons. The van der Waals surface area contributed by atoms with Crippen LogP contribution in [-0.4, -0.2) is 12.5 Å². The van der Waals surface area contributed by atoms with Crippen LogP contribution in [0, 0.1) is 23.3 Å². The number of thioether (sulfide) groups is 1. The highest BCUT2D eigenvalue weighted by molar-refractivity contribution is 7.98. The van der Waals surface area contributed by atoms with Crippen LogP contribution in [0.5, 0.6) is 0 Å². The SMILES string of the molecule is CSc1ccc(/C=N/Nc2c(F)c(F)c(C(F)(F)F)c(F)c2F)cc1. The van der Waals surface area contributed by atoms with Crippen molar-refractivity contribution >= 4 is 23.7 Å². The number of hydrogen-bond acceptors (Lipinski definition) is 3. The smallest absolute Gasteiger partial charge is 0.272 e. The van der Waals surface area contributed by atoms with Gasteiger partial charge in [-0.1, -0.05) is 12.1 Å². The number of anilines is 1. The molecule has 2 nitrogen and oxygen atoms in total. The first-order valence-corrected chi connectivity index (χ1v) is 7.75. The van der Waals surface area contributed by atoms with Gasteiger partial charge in [-0.2, -0.15) is 18.3 Å². The van der Waals surface area contributed by atoms with E-state index in [1.165, 1.54) is 11.8 Å². The number of nitrogens with one attached hydrogen (secondary N) is 1. The average Bonchev–Trinajstić information content (AvgIpc) is 2.55. The Bertz CT molecular complexity index is 772. The topological polar surface area (TPSA) is 24.4 Å². The van der Waals surface area contributed by atoms with Crippen LogP contribution in [0.1, 0.15) is 11.1 Å². The van der Waals surface area contributed by atoms with Crippen molar-refractivity contribution in [2.24, 2.45) is 5.10 Å². The molecular formula is C15H9F7N2S. The van der Waals surface area contributed by atoms with E-state index in [4.69, 9.17) is 0 Å². The number of rotatable bonds is 4. The minimum absolute atomic E-state index is 0.485. The van der Waals surface area contributed by atoms with E-state index in [0.29, 0.717) is 5.56 Å². The van der Waals surface area contributed by atoms with E-state index in [9.17, 15) is 30.7 Å². The van der Waals surface area contributed by atoms with Crippen LogP contribution in [0.2, 0.25) is 0 Å². The molecule has 0 unspecified atom stereocenters. The largest absolute Gasteiger partial charge is 0.422 e. The van der Waals surface area contributed by atoms with E-state index in [0.717, 1.165) is 11.1 Å². The third kappa shape index (κ3) is 4.06. The van der Waals surface area contributed by atoms with Gasteiger partial charge in [-0.25, -0.2) is 17.6 Å². The zero-order valence-electron chi connectivity index (χ0n) is 12.4. The van der Waals surface area contributed by atoms with Crippen molar-refractivity contribution in [1.82, 2.24) is 0 Å². The number of nitrogens with zero attached hydrogens (tertiary/aromatic N) is 1. The molecule has 0 amide bonds. The summed E-state index contributed by atoms with van der Waals surface area (Å²) in [5.74, 6) is -9.54. The molecule has 0 aliphatic carbocycles. The van der Waals surface area contributed by atoms with Crippen molar-refractivity contribution in [3.8, 4) is 0 Å². The Balaban J connectivity index is 2.32. The monoisotopic (exact) mass is 382 g/mol. The van der Waals surface area contributed by atoms with Crippen LogP contribution < -0.4 is 5.43 Å². The number of alkyl halides is 3. The first-order chi connectivity index (χ1) is 11.7. The highest BCUT2D eigenvalue weighted by atomic mass is 32.2. The van der Waals surface area contributed by atoms with Crippen molar-refractivity contribution in [3.63, 3.8) is 0 Å². The Labute approximate surface area is 141 Å². The summed E-state index contributed by atoms with van der Waals surface area (Å²) in [6.45, 7) is 0. The fourth-order valence-electron chi connectivity index (χ4n) is 1.84. The Morgan fingerprint density at radius 3 is 1.88 bits per heavy atom. The lowest BCUT2D eigenvalue weighted by atomic mass is 10.1. The molecule has 0 saturated carbocycles. The summed E-state index contributed by atoms with van der Waals surface area (Å²) in [5.41, 5.74) is -1.92. The van der Waals surface area contributed by atoms with Crippen molar-refractivity contribution in [3.05, 3.63) is 58.7 Å². The Hall–Kier alpha value is -2.23. The Kier molecular flexibility index (Phi) is 5.61. The summed E-state index contributed by atoms with van der Waals surface area (Å²) < 4.78 is 91.6. The van der Waals surface area contributed by atoms with Gasteiger partial charge < -0.3 is 0 Å². The summed E-state index contributed by atoms with van der Waals surface area (Å²) in [7, 11) is 0. The van der Waals surface area contributed by atoms with Gasteiger partial charge in [0.2, 0.25) is 0 Å². The molecule has 0 aromatic heterocycles. The predicted molar refractivity (Wildman–Crippen MR) is 80.7 cm³/mol. The van der Waals surface area contributed by atoms with E-state index >= 15 is 0 Å². The molecule has 0 heterocycles. The fourth-order valence-corrected chi connectivity index (χ4v) is 2.25. The van der Waals surface area contributed by atoms with E-state index in [2.05, 4.69) is 5.10 Å². The van der Waals surface area contributed by atoms with E-state index in [1.807, 2.05) is 6.26 Å². The van der Waals surface area contributed by atoms with Crippen LogP contribution >= 0.6 is 11.8 Å². The van der Waals surface area contributed by atoms with Gasteiger partial charge >= 0.3 is 6.18 Å². The van der Waals surface area contributed by atoms with Crippen LogP contribution in [0.3, 0.4) is 0 Å². The third-order valence-electron chi connectivity index (χ3n) is 3.05. The zero-order valence-corrected chi connectivity index (χ0v) is 13.2. The summed E-state index contributed by atoms with van der Waals surface area (Å²) in [6.07, 6.45) is -2.66. The number of halogens is 7. The number of hydrazone groups is 1. The lowest BCUT2D eigenvalue weighted by molar-refractivity contribution is -0.143. The van der Waals surface area contributed by atoms with Crippen molar-refractivity contribution in [1.29, 1.82) is 0 Å². The molecule has 0 saturated heterocycles. The molecule has 134 valence electrons. The Morgan fingerprint density at radius 2 is 1.44 bits per heavy atom. The van der Waals surface area contributed by atoms with Gasteiger partial charge in [0.05, 0.1) is 6.21 Å². The molecule has 10 heteroatoms. The molecule has 2 rings (SSSR count). The average molecular weight is 382 g/mol. The van der Waals surface area contributed by atoms with E-state index in [1.54, 1.807) is 29.7 Å². The Morgan fingerprint density at radius 1 is 0.920 bits per heavy atom. The van der Waals surface area contributed by atoms with Crippen LogP contribution in [0.25, 0.3) is 0 Å². The summed E-state index contributed by atoms with van der Waals surface area (Å²) in [5, 5.41) is 3.39. The molecular weight excluding hydrogens is 373 g/mol. The van der Waals surface area contributed by atoms with Crippen molar-refractivity contribution in [2.75, 3.05) is 11.7 Å². The van der Waals surface area contributed by atoms with Crippen molar-refractivity contribution in [2.45, 2.75) is 11.1 Å². The van der Waals surface area contributed by atoms with Gasteiger partial charge in [0.25, 0.3) is 0 Å². The van der Waals surface area contributed by atoms with Crippen LogP contribution in [0.4, 0.5) is 36.4 Å². The molecule has 2 aromatic carbocycles. The highest BCUT2D eigenvalue weighted by Gasteiger charge is 2.42. The molecule has 25 heavy (non-hydrogen) atoms. The van der Waals surface area contributed by atoms with Gasteiger partial charge in [0, 0.05) is 4.90 Å². The van der Waals surface area contributed by atoms with Gasteiger partial charge in [-0.05, 0) is 24.0 Å². The minimum atomic E-state index is -5.59. The molecule has 0 aliphatic rings. The van der Waals surface area contributed by atoms with Gasteiger partial charge in [0.15, 0.2) is 23.3 Å². The highest BCUT2D eigenvalue weighted by Crippen LogP contribution is 2.38. The first kappa shape index (κ1) is 19.1. The van der Waals surface area contributed by atoms with Gasteiger partial charge in [-0.15, -0.1) is 11.8 Å². The van der Waals surface area contributed by atoms with Gasteiger partial charge in [0.1, 0.15) is 11.3 Å². The molecule has 0 bridgehead atoms. The van der Waals surface area contributed by atoms with Crippen molar-refractivity contribution < 1.29 is 30.7 Å². The standard InChI is InChI=1S/C15H9F7N2S/c1-25-8-4-2-7(3-5-8)6-23-24-14-12(18)10(16)9(15(20,21)22)11(17)13(14)19/h2-6,24H,1H3/b23-6+. The summed E-state index contributed by atoms with van der Waals surface area (Å²) in [6, 6.07) is 6.67. The molecule has 2 aromatic rings. The van der Waals surface area contributed by atoms with Gasteiger partial charge in [-0.3, -0.25) is 5.43 Å². The third-order valence-corrected chi connectivity index (χ3v) is 3.80. The molecule has 0 fully saturated rings. The summed E-state index contributed by atoms with van der Waals surface area (Å²) in [4.78, 5) is 0.939. The molecule has 0 atom stereocenters. The molecule has 0 spiro atoms. The second kappa shape index (κ2) is 7.34. The maximum absolute atomic E-state index is 13.6. The molecule has 1 N–H and O–H groups in total. The second-order valence-corrected chi connectivity index (χ2v) is 5.53. The zero-order chi connectivity index (χ0) is 18.8. The maximum Gasteiger partial charge on any atom is 0.422 e. The maximum atomic E-state index is 13.6.